The summed E-state index contributed by atoms with van der Waals surface area (Å²) in [5.74, 6) is 2.55. The molecule has 164 valence electrons. The highest BCUT2D eigenvalue weighted by Gasteiger charge is 2.22. The molecule has 6 heteroatoms. The molecule has 1 aromatic heterocycles. The first-order valence-electron chi connectivity index (χ1n) is 10.9. The van der Waals surface area contributed by atoms with E-state index in [2.05, 4.69) is 79.8 Å². The number of benzene rings is 2. The number of halogens is 1. The molecule has 1 aliphatic carbocycles. The van der Waals surface area contributed by atoms with Crippen LogP contribution in [0.3, 0.4) is 0 Å². The Bertz CT molecular complexity index is 931. The van der Waals surface area contributed by atoms with Crippen molar-refractivity contribution < 1.29 is 0 Å². The third kappa shape index (κ3) is 6.56. The second-order valence-corrected chi connectivity index (χ2v) is 7.99. The SMILES string of the molecule is CN=C(NCc1nccn1Cc1ccccc1)NC1CCC(c2ccccc2)CC1.I. The molecular formula is C25H32IN5. The third-order valence-corrected chi connectivity index (χ3v) is 5.97. The van der Waals surface area contributed by atoms with Crippen LogP contribution in [0, 0.1) is 0 Å². The first-order valence-corrected chi connectivity index (χ1v) is 10.9. The van der Waals surface area contributed by atoms with E-state index in [0.717, 1.165) is 18.3 Å². The number of rotatable bonds is 6. The predicted molar refractivity (Wildman–Crippen MR) is 138 cm³/mol. The van der Waals surface area contributed by atoms with Crippen molar-refractivity contribution >= 4 is 29.9 Å². The molecule has 1 heterocycles. The Balaban J connectivity index is 0.00000272. The lowest BCUT2D eigenvalue weighted by Crippen LogP contribution is -2.44. The van der Waals surface area contributed by atoms with Gasteiger partial charge in [-0.25, -0.2) is 4.98 Å². The van der Waals surface area contributed by atoms with Crippen LogP contribution in [0.1, 0.15) is 48.6 Å². The molecule has 1 aliphatic rings. The second-order valence-electron chi connectivity index (χ2n) is 7.99. The van der Waals surface area contributed by atoms with Crippen molar-refractivity contribution in [1.82, 2.24) is 20.2 Å². The lowest BCUT2D eigenvalue weighted by Gasteiger charge is -2.30. The lowest BCUT2D eigenvalue weighted by molar-refractivity contribution is 0.371. The van der Waals surface area contributed by atoms with Crippen LogP contribution in [-0.4, -0.2) is 28.6 Å². The Morgan fingerprint density at radius 1 is 1.00 bits per heavy atom. The molecule has 2 aromatic carbocycles. The summed E-state index contributed by atoms with van der Waals surface area (Å²) in [5, 5.41) is 7.05. The summed E-state index contributed by atoms with van der Waals surface area (Å²) in [6.07, 6.45) is 8.68. The smallest absolute Gasteiger partial charge is 0.191 e. The van der Waals surface area contributed by atoms with E-state index in [1.807, 2.05) is 25.5 Å². The summed E-state index contributed by atoms with van der Waals surface area (Å²) >= 11 is 0. The standard InChI is InChI=1S/C25H31N5.HI/c1-26-25(29-23-14-12-22(13-15-23)21-10-6-3-7-11-21)28-18-24-27-16-17-30(24)19-20-8-4-2-5-9-20;/h2-11,16-17,22-23H,12-15,18-19H2,1H3,(H2,26,28,29);1H. The fourth-order valence-electron chi connectivity index (χ4n) is 4.28. The summed E-state index contributed by atoms with van der Waals surface area (Å²) < 4.78 is 2.18. The van der Waals surface area contributed by atoms with Crippen molar-refractivity contribution in [2.24, 2.45) is 4.99 Å². The monoisotopic (exact) mass is 529 g/mol. The third-order valence-electron chi connectivity index (χ3n) is 5.97. The van der Waals surface area contributed by atoms with E-state index >= 15 is 0 Å². The molecule has 4 rings (SSSR count). The zero-order chi connectivity index (χ0) is 20.6. The average molecular weight is 529 g/mol. The zero-order valence-corrected chi connectivity index (χ0v) is 20.4. The van der Waals surface area contributed by atoms with Gasteiger partial charge in [-0.1, -0.05) is 60.7 Å². The summed E-state index contributed by atoms with van der Waals surface area (Å²) in [5.41, 5.74) is 2.75. The van der Waals surface area contributed by atoms with Gasteiger partial charge in [0.1, 0.15) is 5.82 Å². The quantitative estimate of drug-likeness (QED) is 0.270. The highest BCUT2D eigenvalue weighted by molar-refractivity contribution is 14.0. The number of hydrogen-bond acceptors (Lipinski definition) is 2. The van der Waals surface area contributed by atoms with Crippen molar-refractivity contribution in [1.29, 1.82) is 0 Å². The number of hydrogen-bond donors (Lipinski definition) is 2. The Morgan fingerprint density at radius 3 is 2.35 bits per heavy atom. The minimum Gasteiger partial charge on any atom is -0.354 e. The Morgan fingerprint density at radius 2 is 1.68 bits per heavy atom. The Hall–Kier alpha value is -2.35. The molecule has 0 spiro atoms. The largest absolute Gasteiger partial charge is 0.354 e. The molecular weight excluding hydrogens is 497 g/mol. The zero-order valence-electron chi connectivity index (χ0n) is 18.1. The van der Waals surface area contributed by atoms with E-state index in [-0.39, 0.29) is 24.0 Å². The molecule has 5 nitrogen and oxygen atoms in total. The summed E-state index contributed by atoms with van der Waals surface area (Å²) in [6.45, 7) is 1.48. The highest BCUT2D eigenvalue weighted by Crippen LogP contribution is 2.32. The van der Waals surface area contributed by atoms with Crippen LogP contribution < -0.4 is 10.6 Å². The van der Waals surface area contributed by atoms with E-state index in [1.165, 1.54) is 36.8 Å². The summed E-state index contributed by atoms with van der Waals surface area (Å²) in [6, 6.07) is 21.9. The van der Waals surface area contributed by atoms with Crippen LogP contribution in [0.5, 0.6) is 0 Å². The van der Waals surface area contributed by atoms with E-state index in [4.69, 9.17) is 0 Å². The van der Waals surface area contributed by atoms with Crippen LogP contribution in [0.2, 0.25) is 0 Å². The van der Waals surface area contributed by atoms with Gasteiger partial charge in [-0.05, 0) is 42.7 Å². The second kappa shape index (κ2) is 11.9. The van der Waals surface area contributed by atoms with Crippen molar-refractivity contribution in [3.8, 4) is 0 Å². The molecule has 0 atom stereocenters. The van der Waals surface area contributed by atoms with Crippen molar-refractivity contribution in [2.45, 2.75) is 50.7 Å². The van der Waals surface area contributed by atoms with E-state index in [9.17, 15) is 0 Å². The van der Waals surface area contributed by atoms with Crippen molar-refractivity contribution in [3.63, 3.8) is 0 Å². The van der Waals surface area contributed by atoms with Gasteiger partial charge < -0.3 is 15.2 Å². The van der Waals surface area contributed by atoms with Gasteiger partial charge in [-0.2, -0.15) is 0 Å². The van der Waals surface area contributed by atoms with Gasteiger partial charge in [0, 0.05) is 32.0 Å². The van der Waals surface area contributed by atoms with Gasteiger partial charge in [-0.3, -0.25) is 4.99 Å². The van der Waals surface area contributed by atoms with E-state index < -0.39 is 0 Å². The Labute approximate surface area is 202 Å². The van der Waals surface area contributed by atoms with Gasteiger partial charge in [0.25, 0.3) is 0 Å². The predicted octanol–water partition coefficient (Wildman–Crippen LogP) is 4.94. The molecule has 0 radical (unpaired) electrons. The van der Waals surface area contributed by atoms with Crippen LogP contribution in [-0.2, 0) is 13.1 Å². The van der Waals surface area contributed by atoms with Crippen LogP contribution in [0.15, 0.2) is 78.0 Å². The maximum absolute atomic E-state index is 4.53. The van der Waals surface area contributed by atoms with Crippen LogP contribution in [0.4, 0.5) is 0 Å². The van der Waals surface area contributed by atoms with E-state index in [0.29, 0.717) is 18.5 Å². The van der Waals surface area contributed by atoms with Gasteiger partial charge >= 0.3 is 0 Å². The number of aliphatic imine (C=N–C) groups is 1. The maximum atomic E-state index is 4.53. The van der Waals surface area contributed by atoms with Crippen LogP contribution in [0.25, 0.3) is 0 Å². The van der Waals surface area contributed by atoms with Crippen LogP contribution >= 0.6 is 24.0 Å². The summed E-state index contributed by atoms with van der Waals surface area (Å²) in [7, 11) is 1.83. The first-order chi connectivity index (χ1) is 14.8. The molecule has 1 saturated carbocycles. The minimum absolute atomic E-state index is 0. The molecule has 0 unspecified atom stereocenters. The number of imidazole rings is 1. The molecule has 1 fully saturated rings. The molecule has 3 aromatic rings. The fraction of sp³-hybridized carbons (Fsp3) is 0.360. The molecule has 0 bridgehead atoms. The van der Waals surface area contributed by atoms with Gasteiger partial charge in [-0.15, -0.1) is 24.0 Å². The van der Waals surface area contributed by atoms with E-state index in [1.54, 1.807) is 0 Å². The van der Waals surface area contributed by atoms with Gasteiger partial charge in [0.15, 0.2) is 5.96 Å². The molecule has 2 N–H and O–H groups in total. The number of guanidine groups is 1. The van der Waals surface area contributed by atoms with Crippen molar-refractivity contribution in [2.75, 3.05) is 7.05 Å². The Kier molecular flexibility index (Phi) is 8.94. The topological polar surface area (TPSA) is 54.2 Å². The lowest BCUT2D eigenvalue weighted by atomic mass is 9.82. The highest BCUT2D eigenvalue weighted by atomic mass is 127. The number of aromatic nitrogens is 2. The first kappa shape index (κ1) is 23.3. The van der Waals surface area contributed by atoms with Gasteiger partial charge in [0.2, 0.25) is 0 Å². The molecule has 0 aliphatic heterocycles. The molecule has 0 saturated heterocycles. The minimum atomic E-state index is 0. The average Bonchev–Trinajstić information content (AvgIpc) is 3.25. The fourth-order valence-corrected chi connectivity index (χ4v) is 4.28. The molecule has 31 heavy (non-hydrogen) atoms. The van der Waals surface area contributed by atoms with Gasteiger partial charge in [0.05, 0.1) is 6.54 Å². The number of nitrogens with one attached hydrogen (secondary N) is 2. The molecule has 0 amide bonds. The normalized spacial score (nSPS) is 18.8. The van der Waals surface area contributed by atoms with Crippen molar-refractivity contribution in [3.05, 3.63) is 90.0 Å². The maximum Gasteiger partial charge on any atom is 0.191 e. The number of nitrogens with zero attached hydrogens (tertiary/aromatic N) is 3. The summed E-state index contributed by atoms with van der Waals surface area (Å²) in [4.78, 5) is 8.96.